The highest BCUT2D eigenvalue weighted by molar-refractivity contribution is 6.29. The Morgan fingerprint density at radius 3 is 2.81 bits per heavy atom. The molecule has 0 atom stereocenters. The van der Waals surface area contributed by atoms with Crippen molar-refractivity contribution in [2.75, 3.05) is 6.54 Å². The quantitative estimate of drug-likeness (QED) is 0.870. The van der Waals surface area contributed by atoms with E-state index >= 15 is 0 Å². The summed E-state index contributed by atoms with van der Waals surface area (Å²) < 4.78 is 0. The number of nitriles is 1. The van der Waals surface area contributed by atoms with Crippen LogP contribution in [0.25, 0.3) is 0 Å². The number of benzene rings is 1. The van der Waals surface area contributed by atoms with Gasteiger partial charge in [-0.2, -0.15) is 5.26 Å². The van der Waals surface area contributed by atoms with Gasteiger partial charge in [0.15, 0.2) is 0 Å². The Balaban J connectivity index is 2.24. The predicted molar refractivity (Wildman–Crippen MR) is 78.6 cm³/mol. The molecular formula is C15H13ClN4O. The molecule has 106 valence electrons. The lowest BCUT2D eigenvalue weighted by molar-refractivity contribution is 0.0746. The van der Waals surface area contributed by atoms with E-state index in [2.05, 4.69) is 16.0 Å². The SMILES string of the molecule is CCN(Cc1ccccc1C#N)C(=O)c1cncc(Cl)n1. The van der Waals surface area contributed by atoms with Crippen LogP contribution in [0.3, 0.4) is 0 Å². The predicted octanol–water partition coefficient (Wildman–Crippen LogP) is 2.66. The van der Waals surface area contributed by atoms with Gasteiger partial charge in [-0.3, -0.25) is 9.78 Å². The maximum atomic E-state index is 12.4. The minimum atomic E-state index is -0.264. The van der Waals surface area contributed by atoms with Crippen molar-refractivity contribution in [2.45, 2.75) is 13.5 Å². The largest absolute Gasteiger partial charge is 0.333 e. The summed E-state index contributed by atoms with van der Waals surface area (Å²) in [5.74, 6) is -0.264. The fourth-order valence-electron chi connectivity index (χ4n) is 1.91. The second kappa shape index (κ2) is 6.82. The van der Waals surface area contributed by atoms with E-state index in [-0.39, 0.29) is 16.8 Å². The van der Waals surface area contributed by atoms with Crippen LogP contribution in [-0.2, 0) is 6.54 Å². The molecule has 2 rings (SSSR count). The van der Waals surface area contributed by atoms with Crippen molar-refractivity contribution in [3.05, 3.63) is 58.6 Å². The molecule has 0 aliphatic rings. The van der Waals surface area contributed by atoms with E-state index in [9.17, 15) is 4.79 Å². The van der Waals surface area contributed by atoms with Crippen LogP contribution in [0.2, 0.25) is 5.15 Å². The summed E-state index contributed by atoms with van der Waals surface area (Å²) in [6.45, 7) is 2.70. The number of carbonyl (C=O) groups is 1. The molecular weight excluding hydrogens is 288 g/mol. The first-order valence-corrected chi connectivity index (χ1v) is 6.78. The van der Waals surface area contributed by atoms with Gasteiger partial charge in [0.25, 0.3) is 5.91 Å². The smallest absolute Gasteiger partial charge is 0.274 e. The zero-order valence-corrected chi connectivity index (χ0v) is 12.2. The zero-order chi connectivity index (χ0) is 15.2. The zero-order valence-electron chi connectivity index (χ0n) is 11.5. The van der Waals surface area contributed by atoms with Gasteiger partial charge in [-0.05, 0) is 18.6 Å². The Morgan fingerprint density at radius 1 is 1.38 bits per heavy atom. The molecule has 0 radical (unpaired) electrons. The molecule has 1 aromatic heterocycles. The number of carbonyl (C=O) groups excluding carboxylic acids is 1. The van der Waals surface area contributed by atoms with Crippen molar-refractivity contribution in [1.29, 1.82) is 5.26 Å². The van der Waals surface area contributed by atoms with Crippen LogP contribution in [0.1, 0.15) is 28.5 Å². The first-order chi connectivity index (χ1) is 10.2. The van der Waals surface area contributed by atoms with Crippen LogP contribution in [0.15, 0.2) is 36.7 Å². The lowest BCUT2D eigenvalue weighted by Crippen LogP contribution is -2.31. The normalized spacial score (nSPS) is 9.95. The van der Waals surface area contributed by atoms with Gasteiger partial charge in [-0.25, -0.2) is 4.98 Å². The van der Waals surface area contributed by atoms with Crippen LogP contribution in [-0.4, -0.2) is 27.3 Å². The summed E-state index contributed by atoms with van der Waals surface area (Å²) in [5.41, 5.74) is 1.55. The van der Waals surface area contributed by atoms with E-state index in [1.165, 1.54) is 12.4 Å². The molecule has 1 amide bonds. The third-order valence-corrected chi connectivity index (χ3v) is 3.17. The molecule has 0 spiro atoms. The van der Waals surface area contributed by atoms with Gasteiger partial charge in [-0.1, -0.05) is 29.8 Å². The van der Waals surface area contributed by atoms with Gasteiger partial charge in [0.2, 0.25) is 0 Å². The highest BCUT2D eigenvalue weighted by atomic mass is 35.5. The van der Waals surface area contributed by atoms with E-state index < -0.39 is 0 Å². The number of hydrogen-bond acceptors (Lipinski definition) is 4. The standard InChI is InChI=1S/C15H13ClN4O/c1-2-20(10-12-6-4-3-5-11(12)7-17)15(21)13-8-18-9-14(16)19-13/h3-6,8-9H,2,10H2,1H3. The molecule has 1 aromatic carbocycles. The van der Waals surface area contributed by atoms with Crippen LogP contribution in [0, 0.1) is 11.3 Å². The molecule has 1 heterocycles. The lowest BCUT2D eigenvalue weighted by atomic mass is 10.1. The number of amides is 1. The van der Waals surface area contributed by atoms with Crippen LogP contribution in [0.4, 0.5) is 0 Å². The third-order valence-electron chi connectivity index (χ3n) is 2.99. The van der Waals surface area contributed by atoms with E-state index in [1.54, 1.807) is 17.0 Å². The highest BCUT2D eigenvalue weighted by Gasteiger charge is 2.17. The lowest BCUT2D eigenvalue weighted by Gasteiger charge is -2.21. The topological polar surface area (TPSA) is 69.9 Å². The van der Waals surface area contributed by atoms with E-state index in [0.29, 0.717) is 18.7 Å². The number of aromatic nitrogens is 2. The second-order valence-corrected chi connectivity index (χ2v) is 4.70. The molecule has 0 saturated heterocycles. The first kappa shape index (κ1) is 14.9. The Morgan fingerprint density at radius 2 is 2.14 bits per heavy atom. The molecule has 5 nitrogen and oxygen atoms in total. The van der Waals surface area contributed by atoms with Crippen molar-refractivity contribution < 1.29 is 4.79 Å². The summed E-state index contributed by atoms with van der Waals surface area (Å²) in [6.07, 6.45) is 2.76. The van der Waals surface area contributed by atoms with Crippen molar-refractivity contribution in [1.82, 2.24) is 14.9 Å². The Kier molecular flexibility index (Phi) is 4.85. The van der Waals surface area contributed by atoms with Gasteiger partial charge in [-0.15, -0.1) is 0 Å². The average Bonchev–Trinajstić information content (AvgIpc) is 2.52. The van der Waals surface area contributed by atoms with E-state index in [1.807, 2.05) is 19.1 Å². The summed E-state index contributed by atoms with van der Waals surface area (Å²) >= 11 is 5.76. The molecule has 0 aliphatic carbocycles. The third kappa shape index (κ3) is 3.56. The number of rotatable bonds is 4. The molecule has 21 heavy (non-hydrogen) atoms. The number of hydrogen-bond donors (Lipinski definition) is 0. The van der Waals surface area contributed by atoms with Crippen molar-refractivity contribution in [3.8, 4) is 6.07 Å². The van der Waals surface area contributed by atoms with Gasteiger partial charge < -0.3 is 4.90 Å². The summed E-state index contributed by atoms with van der Waals surface area (Å²) in [5, 5.41) is 9.28. The Labute approximate surface area is 127 Å². The minimum Gasteiger partial charge on any atom is -0.333 e. The maximum Gasteiger partial charge on any atom is 0.274 e. The van der Waals surface area contributed by atoms with Crippen molar-refractivity contribution in [2.24, 2.45) is 0 Å². The van der Waals surface area contributed by atoms with Gasteiger partial charge in [0, 0.05) is 13.1 Å². The first-order valence-electron chi connectivity index (χ1n) is 6.40. The molecule has 0 saturated carbocycles. The van der Waals surface area contributed by atoms with E-state index in [0.717, 1.165) is 5.56 Å². The van der Waals surface area contributed by atoms with Gasteiger partial charge in [0.1, 0.15) is 10.8 Å². The molecule has 0 N–H and O–H groups in total. The highest BCUT2D eigenvalue weighted by Crippen LogP contribution is 2.13. The van der Waals surface area contributed by atoms with Crippen LogP contribution < -0.4 is 0 Å². The molecule has 0 bridgehead atoms. The Bertz CT molecular complexity index is 696. The number of halogens is 1. The summed E-state index contributed by atoms with van der Waals surface area (Å²) in [6, 6.07) is 9.32. The monoisotopic (exact) mass is 300 g/mol. The summed E-state index contributed by atoms with van der Waals surface area (Å²) in [7, 11) is 0. The molecule has 0 unspecified atom stereocenters. The van der Waals surface area contributed by atoms with Crippen molar-refractivity contribution in [3.63, 3.8) is 0 Å². The van der Waals surface area contributed by atoms with Crippen LogP contribution in [0.5, 0.6) is 0 Å². The molecule has 6 heteroatoms. The van der Waals surface area contributed by atoms with Crippen molar-refractivity contribution >= 4 is 17.5 Å². The average molecular weight is 301 g/mol. The van der Waals surface area contributed by atoms with Gasteiger partial charge >= 0.3 is 0 Å². The number of nitrogens with zero attached hydrogens (tertiary/aromatic N) is 4. The minimum absolute atomic E-state index is 0.175. The molecule has 0 fully saturated rings. The maximum absolute atomic E-state index is 12.4. The van der Waals surface area contributed by atoms with E-state index in [4.69, 9.17) is 16.9 Å². The molecule has 0 aliphatic heterocycles. The van der Waals surface area contributed by atoms with Gasteiger partial charge in [0.05, 0.1) is 24.0 Å². The Hall–Kier alpha value is -2.45. The molecule has 2 aromatic rings. The second-order valence-electron chi connectivity index (χ2n) is 4.32. The summed E-state index contributed by atoms with van der Waals surface area (Å²) in [4.78, 5) is 21.8. The fraction of sp³-hybridized carbons (Fsp3) is 0.200. The van der Waals surface area contributed by atoms with Crippen LogP contribution >= 0.6 is 11.6 Å². The fourth-order valence-corrected chi connectivity index (χ4v) is 2.05.